The van der Waals surface area contributed by atoms with E-state index in [1.165, 1.54) is 0 Å². The fourth-order valence-electron chi connectivity index (χ4n) is 2.75. The van der Waals surface area contributed by atoms with Crippen molar-refractivity contribution < 1.29 is 14.3 Å². The van der Waals surface area contributed by atoms with Gasteiger partial charge in [0.15, 0.2) is 0 Å². The number of hydrogen-bond donors (Lipinski definition) is 3. The summed E-state index contributed by atoms with van der Waals surface area (Å²) in [7, 11) is 1.57. The molecule has 6 heteroatoms. The fraction of sp³-hybridized carbons (Fsp3) is 0.556. The Morgan fingerprint density at radius 1 is 1.21 bits per heavy atom. The van der Waals surface area contributed by atoms with E-state index >= 15 is 0 Å². The molecule has 1 saturated heterocycles. The molecule has 1 aliphatic heterocycles. The zero-order chi connectivity index (χ0) is 17.8. The average Bonchev–Trinajstić information content (AvgIpc) is 2.54. The topological polar surface area (TPSA) is 79.5 Å². The predicted molar refractivity (Wildman–Crippen MR) is 94.1 cm³/mol. The van der Waals surface area contributed by atoms with E-state index in [-0.39, 0.29) is 17.4 Å². The van der Waals surface area contributed by atoms with Gasteiger partial charge in [-0.1, -0.05) is 6.07 Å². The maximum atomic E-state index is 12.7. The number of hydrogen-bond acceptors (Lipinski definition) is 4. The first-order chi connectivity index (χ1) is 11.3. The molecule has 1 heterocycles. The standard InChI is InChI=1S/C18H27N3O3/c1-17(2,3)21-15(22)13-6-5-7-14(12-13)20-16(23)18(24-4)8-10-19-11-9-18/h5-7,12,19H,8-11H2,1-4H3,(H,20,23)(H,21,22). The normalized spacial score (nSPS) is 17.2. The van der Waals surface area contributed by atoms with Gasteiger partial charge in [-0.3, -0.25) is 9.59 Å². The van der Waals surface area contributed by atoms with Gasteiger partial charge >= 0.3 is 0 Å². The van der Waals surface area contributed by atoms with E-state index < -0.39 is 5.60 Å². The van der Waals surface area contributed by atoms with Crippen LogP contribution in [0.2, 0.25) is 0 Å². The smallest absolute Gasteiger partial charge is 0.256 e. The van der Waals surface area contributed by atoms with Crippen molar-refractivity contribution >= 4 is 17.5 Å². The zero-order valence-electron chi connectivity index (χ0n) is 14.9. The van der Waals surface area contributed by atoms with E-state index in [2.05, 4.69) is 16.0 Å². The Labute approximate surface area is 143 Å². The third kappa shape index (κ3) is 4.55. The van der Waals surface area contributed by atoms with Gasteiger partial charge in [0.05, 0.1) is 0 Å². The monoisotopic (exact) mass is 333 g/mol. The summed E-state index contributed by atoms with van der Waals surface area (Å²) in [5.41, 5.74) is -0.0171. The van der Waals surface area contributed by atoms with Gasteiger partial charge in [-0.2, -0.15) is 0 Å². The molecular weight excluding hydrogens is 306 g/mol. The van der Waals surface area contributed by atoms with Crippen molar-refractivity contribution in [3.8, 4) is 0 Å². The van der Waals surface area contributed by atoms with Crippen molar-refractivity contribution in [2.45, 2.75) is 44.8 Å². The molecule has 0 spiro atoms. The highest BCUT2D eigenvalue weighted by molar-refractivity contribution is 6.00. The van der Waals surface area contributed by atoms with Gasteiger partial charge in [0.2, 0.25) is 0 Å². The van der Waals surface area contributed by atoms with Crippen LogP contribution in [-0.2, 0) is 9.53 Å². The van der Waals surface area contributed by atoms with Gasteiger partial charge in [-0.05, 0) is 64.9 Å². The lowest BCUT2D eigenvalue weighted by Gasteiger charge is -2.34. The molecule has 0 saturated carbocycles. The van der Waals surface area contributed by atoms with E-state index in [1.807, 2.05) is 20.8 Å². The van der Waals surface area contributed by atoms with Crippen LogP contribution in [0.3, 0.4) is 0 Å². The molecule has 132 valence electrons. The first kappa shape index (κ1) is 18.4. The molecule has 1 aromatic rings. The maximum absolute atomic E-state index is 12.7. The average molecular weight is 333 g/mol. The largest absolute Gasteiger partial charge is 0.368 e. The van der Waals surface area contributed by atoms with Crippen LogP contribution in [0.15, 0.2) is 24.3 Å². The van der Waals surface area contributed by atoms with Crippen LogP contribution in [0.25, 0.3) is 0 Å². The molecule has 2 amide bonds. The minimum atomic E-state index is -0.811. The van der Waals surface area contributed by atoms with Crippen LogP contribution in [0.1, 0.15) is 44.0 Å². The Kier molecular flexibility index (Phi) is 5.62. The van der Waals surface area contributed by atoms with Crippen molar-refractivity contribution in [1.29, 1.82) is 0 Å². The summed E-state index contributed by atoms with van der Waals surface area (Å²) < 4.78 is 5.53. The Hall–Kier alpha value is -1.92. The number of carbonyl (C=O) groups is 2. The van der Waals surface area contributed by atoms with E-state index in [4.69, 9.17) is 4.74 Å². The van der Waals surface area contributed by atoms with Crippen molar-refractivity contribution in [1.82, 2.24) is 10.6 Å². The Morgan fingerprint density at radius 2 is 1.88 bits per heavy atom. The Bertz CT molecular complexity index is 602. The van der Waals surface area contributed by atoms with Crippen LogP contribution < -0.4 is 16.0 Å². The van der Waals surface area contributed by atoms with Crippen molar-refractivity contribution in [3.63, 3.8) is 0 Å². The number of nitrogens with one attached hydrogen (secondary N) is 3. The van der Waals surface area contributed by atoms with E-state index in [0.717, 1.165) is 13.1 Å². The Morgan fingerprint density at radius 3 is 2.46 bits per heavy atom. The quantitative estimate of drug-likeness (QED) is 0.786. The van der Waals surface area contributed by atoms with Gasteiger partial charge in [0.1, 0.15) is 5.60 Å². The summed E-state index contributed by atoms with van der Waals surface area (Å²) in [6.45, 7) is 7.27. The summed E-state index contributed by atoms with van der Waals surface area (Å²) in [5, 5.41) is 9.03. The first-order valence-corrected chi connectivity index (χ1v) is 8.26. The number of methoxy groups -OCH3 is 1. The second-order valence-electron chi connectivity index (χ2n) is 7.19. The molecule has 1 aromatic carbocycles. The zero-order valence-corrected chi connectivity index (χ0v) is 14.9. The van der Waals surface area contributed by atoms with Crippen molar-refractivity contribution in [2.75, 3.05) is 25.5 Å². The van der Waals surface area contributed by atoms with Gasteiger partial charge in [-0.15, -0.1) is 0 Å². The number of rotatable bonds is 4. The highest BCUT2D eigenvalue weighted by atomic mass is 16.5. The molecule has 0 aromatic heterocycles. The van der Waals surface area contributed by atoms with Crippen LogP contribution >= 0.6 is 0 Å². The molecule has 24 heavy (non-hydrogen) atoms. The molecule has 0 bridgehead atoms. The van der Waals surface area contributed by atoms with Gasteiger partial charge < -0.3 is 20.7 Å². The van der Waals surface area contributed by atoms with E-state index in [1.54, 1.807) is 31.4 Å². The molecule has 0 unspecified atom stereocenters. The van der Waals surface area contributed by atoms with Crippen LogP contribution in [0.5, 0.6) is 0 Å². The van der Waals surface area contributed by atoms with Crippen molar-refractivity contribution in [2.24, 2.45) is 0 Å². The predicted octanol–water partition coefficient (Wildman–Crippen LogP) is 1.92. The fourth-order valence-corrected chi connectivity index (χ4v) is 2.75. The molecule has 6 nitrogen and oxygen atoms in total. The summed E-state index contributed by atoms with van der Waals surface area (Å²) in [6, 6.07) is 6.95. The Balaban J connectivity index is 2.11. The molecule has 2 rings (SSSR count). The minimum Gasteiger partial charge on any atom is -0.368 e. The minimum absolute atomic E-state index is 0.165. The SMILES string of the molecule is COC1(C(=O)Nc2cccc(C(=O)NC(C)(C)C)c2)CCNCC1. The van der Waals surface area contributed by atoms with Crippen LogP contribution in [0.4, 0.5) is 5.69 Å². The number of benzene rings is 1. The number of amides is 2. The maximum Gasteiger partial charge on any atom is 0.256 e. The molecule has 0 aliphatic carbocycles. The molecule has 0 atom stereocenters. The lowest BCUT2D eigenvalue weighted by atomic mass is 9.91. The van der Waals surface area contributed by atoms with Gasteiger partial charge in [0.25, 0.3) is 11.8 Å². The second kappa shape index (κ2) is 7.32. The summed E-state index contributed by atoms with van der Waals surface area (Å²) in [6.07, 6.45) is 1.25. The summed E-state index contributed by atoms with van der Waals surface area (Å²) in [5.74, 6) is -0.332. The molecular formula is C18H27N3O3. The molecule has 3 N–H and O–H groups in total. The van der Waals surface area contributed by atoms with E-state index in [9.17, 15) is 9.59 Å². The highest BCUT2D eigenvalue weighted by Crippen LogP contribution is 2.25. The molecule has 1 fully saturated rings. The third-order valence-corrected chi connectivity index (χ3v) is 4.09. The number of ether oxygens (including phenoxy) is 1. The number of anilines is 1. The lowest BCUT2D eigenvalue weighted by molar-refractivity contribution is -0.140. The summed E-state index contributed by atoms with van der Waals surface area (Å²) in [4.78, 5) is 24.9. The van der Waals surface area contributed by atoms with Gasteiger partial charge in [-0.25, -0.2) is 0 Å². The van der Waals surface area contributed by atoms with Crippen LogP contribution in [0, 0.1) is 0 Å². The first-order valence-electron chi connectivity index (χ1n) is 8.26. The lowest BCUT2D eigenvalue weighted by Crippen LogP contribution is -2.51. The molecule has 1 aliphatic rings. The summed E-state index contributed by atoms with van der Waals surface area (Å²) >= 11 is 0. The van der Waals surface area contributed by atoms with Gasteiger partial charge in [0, 0.05) is 23.9 Å². The number of piperidine rings is 1. The van der Waals surface area contributed by atoms with E-state index in [0.29, 0.717) is 24.1 Å². The second-order valence-corrected chi connectivity index (χ2v) is 7.19. The van der Waals surface area contributed by atoms with Crippen molar-refractivity contribution in [3.05, 3.63) is 29.8 Å². The van der Waals surface area contributed by atoms with Crippen LogP contribution in [-0.4, -0.2) is 43.2 Å². The molecule has 0 radical (unpaired) electrons. The third-order valence-electron chi connectivity index (χ3n) is 4.09. The number of carbonyl (C=O) groups excluding carboxylic acids is 2. The highest BCUT2D eigenvalue weighted by Gasteiger charge is 2.39.